The second-order valence-corrected chi connectivity index (χ2v) is 9.60. The zero-order chi connectivity index (χ0) is 25.9. The number of nitrogens with one attached hydrogen (secondary N) is 2. The van der Waals surface area contributed by atoms with E-state index in [1.165, 1.54) is 11.0 Å². The van der Waals surface area contributed by atoms with Crippen molar-refractivity contribution in [1.29, 1.82) is 0 Å². The number of phenols is 1. The van der Waals surface area contributed by atoms with Crippen LogP contribution in [-0.4, -0.2) is 63.9 Å². The molecule has 2 unspecified atom stereocenters. The lowest BCUT2D eigenvalue weighted by atomic mass is 10.0. The van der Waals surface area contributed by atoms with Gasteiger partial charge in [-0.05, 0) is 47.1 Å². The van der Waals surface area contributed by atoms with Gasteiger partial charge in [0.25, 0.3) is 0 Å². The molecule has 0 aliphatic carbocycles. The van der Waals surface area contributed by atoms with E-state index in [2.05, 4.69) is 17.6 Å². The molecule has 1 rings (SSSR count). The predicted octanol–water partition coefficient (Wildman–Crippen LogP) is 3.25. The summed E-state index contributed by atoms with van der Waals surface area (Å²) < 4.78 is 5.23. The maximum absolute atomic E-state index is 13.6. The first kappa shape index (κ1) is 29.2. The van der Waals surface area contributed by atoms with Gasteiger partial charge in [0, 0.05) is 18.2 Å². The third-order valence-electron chi connectivity index (χ3n) is 4.93. The number of hydrogen-bond donors (Lipinski definition) is 4. The molecule has 0 bridgehead atoms. The predicted molar refractivity (Wildman–Crippen MR) is 130 cm³/mol. The Morgan fingerprint density at radius 1 is 1.06 bits per heavy atom. The molecule has 1 aromatic rings. The number of phenolic OH excluding ortho intramolecular Hbond substituents is 1. The zero-order valence-corrected chi connectivity index (χ0v) is 21.3. The van der Waals surface area contributed by atoms with Gasteiger partial charge in [0.05, 0.1) is 6.61 Å². The van der Waals surface area contributed by atoms with E-state index < -0.39 is 42.2 Å². The van der Waals surface area contributed by atoms with Crippen LogP contribution in [0.2, 0.25) is 0 Å². The van der Waals surface area contributed by atoms with Crippen LogP contribution in [0, 0.1) is 0 Å². The number of benzene rings is 1. The SMILES string of the molecule is CCCCCCN(C(=O)C(CO)NC(=O)OC(C)(C)C)C(C(=O)NC(C)C)c1ccccc1O. The van der Waals surface area contributed by atoms with Gasteiger partial charge in [0.15, 0.2) is 0 Å². The molecule has 9 nitrogen and oxygen atoms in total. The van der Waals surface area contributed by atoms with Crippen molar-refractivity contribution in [2.45, 2.75) is 91.0 Å². The van der Waals surface area contributed by atoms with Crippen molar-refractivity contribution in [2.24, 2.45) is 0 Å². The van der Waals surface area contributed by atoms with Crippen molar-refractivity contribution in [2.75, 3.05) is 13.2 Å². The molecule has 0 heterocycles. The van der Waals surface area contributed by atoms with Crippen molar-refractivity contribution >= 4 is 17.9 Å². The summed E-state index contributed by atoms with van der Waals surface area (Å²) in [4.78, 5) is 40.5. The first-order chi connectivity index (χ1) is 15.9. The number of hydrogen-bond acceptors (Lipinski definition) is 6. The molecular weight excluding hydrogens is 438 g/mol. The summed E-state index contributed by atoms with van der Waals surface area (Å²) in [6, 6.07) is 3.67. The third kappa shape index (κ3) is 9.59. The van der Waals surface area contributed by atoms with Crippen LogP contribution in [0.15, 0.2) is 24.3 Å². The molecule has 4 N–H and O–H groups in total. The van der Waals surface area contributed by atoms with Gasteiger partial charge in [-0.1, -0.05) is 44.4 Å². The highest BCUT2D eigenvalue weighted by atomic mass is 16.6. The van der Waals surface area contributed by atoms with E-state index in [1.54, 1.807) is 52.8 Å². The number of ether oxygens (including phenoxy) is 1. The number of rotatable bonds is 12. The Bertz CT molecular complexity index is 806. The van der Waals surface area contributed by atoms with Crippen LogP contribution in [0.3, 0.4) is 0 Å². The Kier molecular flexibility index (Phi) is 11.9. The Hall–Kier alpha value is -2.81. The summed E-state index contributed by atoms with van der Waals surface area (Å²) in [5.41, 5.74) is -0.527. The first-order valence-electron chi connectivity index (χ1n) is 11.9. The van der Waals surface area contributed by atoms with Crippen molar-refractivity contribution in [1.82, 2.24) is 15.5 Å². The Morgan fingerprint density at radius 3 is 2.24 bits per heavy atom. The van der Waals surface area contributed by atoms with E-state index >= 15 is 0 Å². The topological polar surface area (TPSA) is 128 Å². The van der Waals surface area contributed by atoms with Crippen LogP contribution in [-0.2, 0) is 14.3 Å². The summed E-state index contributed by atoms with van der Waals surface area (Å²) in [6.07, 6.45) is 2.55. The van der Waals surface area contributed by atoms with Crippen LogP contribution >= 0.6 is 0 Å². The van der Waals surface area contributed by atoms with E-state index in [-0.39, 0.29) is 23.9 Å². The van der Waals surface area contributed by atoms with Crippen LogP contribution in [0.1, 0.15) is 78.8 Å². The fourth-order valence-corrected chi connectivity index (χ4v) is 3.44. The Labute approximate surface area is 202 Å². The summed E-state index contributed by atoms with van der Waals surface area (Å²) in [7, 11) is 0. The standard InChI is InChI=1S/C25H41N3O6/c1-7-8-9-12-15-28(23(32)19(16-29)27-24(33)34-25(4,5)6)21(22(31)26-17(2)3)18-13-10-11-14-20(18)30/h10-11,13-14,17,19,21,29-30H,7-9,12,15-16H2,1-6H3,(H,26,31)(H,27,33). The maximum atomic E-state index is 13.6. The number of carbonyl (C=O) groups excluding carboxylic acids is 3. The summed E-state index contributed by atoms with van der Waals surface area (Å²) in [5, 5.41) is 25.7. The number of amides is 3. The van der Waals surface area contributed by atoms with Gasteiger partial charge < -0.3 is 30.5 Å². The molecule has 0 aliphatic rings. The van der Waals surface area contributed by atoms with Gasteiger partial charge in [0.1, 0.15) is 23.4 Å². The summed E-state index contributed by atoms with van der Waals surface area (Å²) >= 11 is 0. The zero-order valence-electron chi connectivity index (χ0n) is 21.3. The van der Waals surface area contributed by atoms with Crippen LogP contribution < -0.4 is 10.6 Å². The van der Waals surface area contributed by atoms with Gasteiger partial charge in [-0.3, -0.25) is 9.59 Å². The minimum Gasteiger partial charge on any atom is -0.508 e. The van der Waals surface area contributed by atoms with Gasteiger partial charge in [-0.2, -0.15) is 0 Å². The molecule has 2 atom stereocenters. The molecule has 9 heteroatoms. The fraction of sp³-hybridized carbons (Fsp3) is 0.640. The smallest absolute Gasteiger partial charge is 0.408 e. The van der Waals surface area contributed by atoms with Gasteiger partial charge in [-0.15, -0.1) is 0 Å². The van der Waals surface area contributed by atoms with E-state index in [9.17, 15) is 24.6 Å². The van der Waals surface area contributed by atoms with E-state index in [0.717, 1.165) is 19.3 Å². The molecular formula is C25H41N3O6. The molecule has 3 amide bonds. The minimum absolute atomic E-state index is 0.126. The van der Waals surface area contributed by atoms with Gasteiger partial charge in [-0.25, -0.2) is 4.79 Å². The Morgan fingerprint density at radius 2 is 1.71 bits per heavy atom. The highest BCUT2D eigenvalue weighted by Crippen LogP contribution is 2.30. The van der Waals surface area contributed by atoms with Crippen molar-refractivity contribution in [3.63, 3.8) is 0 Å². The van der Waals surface area contributed by atoms with Crippen molar-refractivity contribution in [3.8, 4) is 5.75 Å². The molecule has 192 valence electrons. The average molecular weight is 480 g/mol. The number of nitrogens with zero attached hydrogens (tertiary/aromatic N) is 1. The minimum atomic E-state index is -1.32. The number of alkyl carbamates (subject to hydrolysis) is 1. The maximum Gasteiger partial charge on any atom is 0.408 e. The highest BCUT2D eigenvalue weighted by Gasteiger charge is 2.37. The van der Waals surface area contributed by atoms with E-state index in [0.29, 0.717) is 6.42 Å². The highest BCUT2D eigenvalue weighted by molar-refractivity contribution is 5.92. The second kappa shape index (κ2) is 13.8. The lowest BCUT2D eigenvalue weighted by molar-refractivity contribution is -0.143. The molecule has 0 saturated heterocycles. The number of aromatic hydroxyl groups is 1. The molecule has 0 saturated carbocycles. The van der Waals surface area contributed by atoms with Crippen LogP contribution in [0.25, 0.3) is 0 Å². The molecule has 1 aromatic carbocycles. The van der Waals surface area contributed by atoms with Crippen molar-refractivity contribution < 1.29 is 29.3 Å². The van der Waals surface area contributed by atoms with E-state index in [4.69, 9.17) is 4.74 Å². The van der Waals surface area contributed by atoms with Gasteiger partial charge in [0.2, 0.25) is 11.8 Å². The lowest BCUT2D eigenvalue weighted by Crippen LogP contribution is -2.55. The molecule has 0 aliphatic heterocycles. The van der Waals surface area contributed by atoms with E-state index in [1.807, 2.05) is 0 Å². The lowest BCUT2D eigenvalue weighted by Gasteiger charge is -2.34. The molecule has 0 aromatic heterocycles. The largest absolute Gasteiger partial charge is 0.508 e. The third-order valence-corrected chi connectivity index (χ3v) is 4.93. The van der Waals surface area contributed by atoms with Crippen LogP contribution in [0.4, 0.5) is 4.79 Å². The number of aliphatic hydroxyl groups excluding tert-OH is 1. The second-order valence-electron chi connectivity index (χ2n) is 9.60. The van der Waals surface area contributed by atoms with Crippen LogP contribution in [0.5, 0.6) is 5.75 Å². The molecule has 0 spiro atoms. The normalized spacial score (nSPS) is 13.2. The number of aliphatic hydroxyl groups is 1. The number of carbonyl (C=O) groups is 3. The number of unbranched alkanes of at least 4 members (excludes halogenated alkanes) is 3. The van der Waals surface area contributed by atoms with Gasteiger partial charge >= 0.3 is 6.09 Å². The monoisotopic (exact) mass is 479 g/mol. The molecule has 0 fully saturated rings. The fourth-order valence-electron chi connectivity index (χ4n) is 3.44. The summed E-state index contributed by atoms with van der Waals surface area (Å²) in [6.45, 7) is 10.3. The average Bonchev–Trinajstić information content (AvgIpc) is 2.73. The Balaban J connectivity index is 3.37. The van der Waals surface area contributed by atoms with Crippen molar-refractivity contribution in [3.05, 3.63) is 29.8 Å². The molecule has 34 heavy (non-hydrogen) atoms. The first-order valence-corrected chi connectivity index (χ1v) is 11.9. The summed E-state index contributed by atoms with van der Waals surface area (Å²) in [5.74, 6) is -1.23. The quantitative estimate of drug-likeness (QED) is 0.341. The number of para-hydroxylation sites is 1. The molecule has 0 radical (unpaired) electrons.